The van der Waals surface area contributed by atoms with Crippen molar-refractivity contribution in [1.82, 2.24) is 5.32 Å². The van der Waals surface area contributed by atoms with Crippen molar-refractivity contribution in [3.63, 3.8) is 0 Å². The van der Waals surface area contributed by atoms with Gasteiger partial charge in [0, 0.05) is 13.0 Å². The Kier molecular flexibility index (Phi) is 2.90. The number of amides is 1. The van der Waals surface area contributed by atoms with Crippen molar-refractivity contribution in [3.8, 4) is 0 Å². The first kappa shape index (κ1) is 10.0. The van der Waals surface area contributed by atoms with Gasteiger partial charge in [-0.2, -0.15) is 0 Å². The Morgan fingerprint density at radius 2 is 2.23 bits per heavy atom. The van der Waals surface area contributed by atoms with Crippen LogP contribution in [0, 0.1) is 0 Å². The summed E-state index contributed by atoms with van der Waals surface area (Å²) in [4.78, 5) is 15.3. The molecule has 1 amide bonds. The SMILES string of the molecule is CC(C)(NC1=NCCCC1)C(N)=O. The van der Waals surface area contributed by atoms with Crippen molar-refractivity contribution in [1.29, 1.82) is 0 Å². The van der Waals surface area contributed by atoms with Crippen LogP contribution in [0.5, 0.6) is 0 Å². The summed E-state index contributed by atoms with van der Waals surface area (Å²) in [5.74, 6) is 0.566. The van der Waals surface area contributed by atoms with Crippen LogP contribution in [0.4, 0.5) is 0 Å². The molecule has 0 aromatic carbocycles. The molecule has 0 unspecified atom stereocenters. The van der Waals surface area contributed by atoms with Crippen molar-refractivity contribution in [2.24, 2.45) is 10.7 Å². The molecule has 3 N–H and O–H groups in total. The molecule has 0 spiro atoms. The monoisotopic (exact) mass is 183 g/mol. The number of nitrogens with one attached hydrogen (secondary N) is 1. The third-order valence-corrected chi connectivity index (χ3v) is 2.20. The number of carbonyl (C=O) groups excluding carboxylic acids is 1. The van der Waals surface area contributed by atoms with Gasteiger partial charge in [-0.25, -0.2) is 0 Å². The Balaban J connectivity index is 2.56. The van der Waals surface area contributed by atoms with Crippen molar-refractivity contribution in [3.05, 3.63) is 0 Å². The summed E-state index contributed by atoms with van der Waals surface area (Å²) in [6.45, 7) is 4.40. The molecular weight excluding hydrogens is 166 g/mol. The summed E-state index contributed by atoms with van der Waals surface area (Å²) in [6, 6.07) is 0. The summed E-state index contributed by atoms with van der Waals surface area (Å²) >= 11 is 0. The molecule has 0 fully saturated rings. The summed E-state index contributed by atoms with van der Waals surface area (Å²) in [5.41, 5.74) is 4.55. The van der Waals surface area contributed by atoms with Crippen LogP contribution in [-0.2, 0) is 4.79 Å². The molecule has 0 bridgehead atoms. The fraction of sp³-hybridized carbons (Fsp3) is 0.778. The van der Waals surface area contributed by atoms with Gasteiger partial charge in [0.05, 0.1) is 5.84 Å². The minimum Gasteiger partial charge on any atom is -0.368 e. The minimum absolute atomic E-state index is 0.347. The first-order chi connectivity index (χ1) is 6.02. The first-order valence-electron chi connectivity index (χ1n) is 4.64. The second-order valence-electron chi connectivity index (χ2n) is 3.90. The zero-order valence-corrected chi connectivity index (χ0v) is 8.26. The second kappa shape index (κ2) is 3.77. The fourth-order valence-electron chi connectivity index (χ4n) is 1.22. The van der Waals surface area contributed by atoms with E-state index < -0.39 is 5.54 Å². The van der Waals surface area contributed by atoms with Crippen molar-refractivity contribution in [2.75, 3.05) is 6.54 Å². The molecule has 0 saturated carbocycles. The zero-order valence-electron chi connectivity index (χ0n) is 8.26. The lowest BCUT2D eigenvalue weighted by Gasteiger charge is -2.26. The molecule has 13 heavy (non-hydrogen) atoms. The van der Waals surface area contributed by atoms with E-state index in [0.29, 0.717) is 0 Å². The molecule has 4 heteroatoms. The topological polar surface area (TPSA) is 67.5 Å². The number of nitrogens with zero attached hydrogens (tertiary/aromatic N) is 1. The van der Waals surface area contributed by atoms with Crippen LogP contribution < -0.4 is 11.1 Å². The standard InChI is InChI=1S/C9H17N3O/c1-9(2,8(10)13)12-7-5-3-4-6-11-7/h3-6H2,1-2H3,(H2,10,13)(H,11,12). The number of hydrogen-bond donors (Lipinski definition) is 2. The van der Waals surface area contributed by atoms with Crippen molar-refractivity contribution < 1.29 is 4.79 Å². The zero-order chi connectivity index (χ0) is 9.90. The highest BCUT2D eigenvalue weighted by atomic mass is 16.1. The molecule has 1 heterocycles. The van der Waals surface area contributed by atoms with Crippen molar-refractivity contribution in [2.45, 2.75) is 38.6 Å². The number of primary amides is 1. The molecule has 0 atom stereocenters. The molecule has 0 saturated heterocycles. The summed E-state index contributed by atoms with van der Waals surface area (Å²) in [6.07, 6.45) is 3.21. The minimum atomic E-state index is -0.684. The number of carbonyl (C=O) groups is 1. The molecule has 0 aromatic rings. The quantitative estimate of drug-likeness (QED) is 0.651. The van der Waals surface area contributed by atoms with E-state index in [2.05, 4.69) is 10.3 Å². The van der Waals surface area contributed by atoms with Gasteiger partial charge >= 0.3 is 0 Å². The average Bonchev–Trinajstić information content (AvgIpc) is 2.05. The molecule has 1 aliphatic rings. The maximum atomic E-state index is 11.0. The van der Waals surface area contributed by atoms with Crippen LogP contribution in [0.15, 0.2) is 4.99 Å². The van der Waals surface area contributed by atoms with E-state index in [1.807, 2.05) is 0 Å². The lowest BCUT2D eigenvalue weighted by molar-refractivity contribution is -0.122. The van der Waals surface area contributed by atoms with Gasteiger partial charge in [-0.15, -0.1) is 0 Å². The molecule has 74 valence electrons. The Morgan fingerprint density at radius 1 is 1.54 bits per heavy atom. The molecule has 0 aromatic heterocycles. The predicted molar refractivity (Wildman–Crippen MR) is 52.6 cm³/mol. The van der Waals surface area contributed by atoms with E-state index in [1.54, 1.807) is 13.8 Å². The third-order valence-electron chi connectivity index (χ3n) is 2.20. The maximum Gasteiger partial charge on any atom is 0.242 e. The number of amidine groups is 1. The smallest absolute Gasteiger partial charge is 0.242 e. The second-order valence-corrected chi connectivity index (χ2v) is 3.90. The van der Waals surface area contributed by atoms with Crippen LogP contribution in [0.25, 0.3) is 0 Å². The normalized spacial score (nSPS) is 17.8. The van der Waals surface area contributed by atoms with E-state index in [4.69, 9.17) is 5.73 Å². The van der Waals surface area contributed by atoms with Gasteiger partial charge in [0.15, 0.2) is 0 Å². The highest BCUT2D eigenvalue weighted by Crippen LogP contribution is 2.08. The highest BCUT2D eigenvalue weighted by molar-refractivity contribution is 5.91. The molecule has 1 aliphatic heterocycles. The molecule has 1 rings (SSSR count). The third kappa shape index (κ3) is 2.72. The summed E-state index contributed by atoms with van der Waals surface area (Å²) in [5, 5.41) is 3.07. The Hall–Kier alpha value is -1.06. The average molecular weight is 183 g/mol. The largest absolute Gasteiger partial charge is 0.368 e. The van der Waals surface area contributed by atoms with Gasteiger partial charge in [-0.1, -0.05) is 0 Å². The van der Waals surface area contributed by atoms with E-state index in [-0.39, 0.29) is 5.91 Å². The van der Waals surface area contributed by atoms with E-state index in [9.17, 15) is 4.79 Å². The van der Waals surface area contributed by atoms with Gasteiger partial charge in [0.1, 0.15) is 5.54 Å². The lowest BCUT2D eigenvalue weighted by Crippen LogP contribution is -2.53. The van der Waals surface area contributed by atoms with Gasteiger partial charge in [0.2, 0.25) is 5.91 Å². The Labute approximate surface area is 78.6 Å². The van der Waals surface area contributed by atoms with Crippen LogP contribution in [0.3, 0.4) is 0 Å². The molecular formula is C9H17N3O. The van der Waals surface area contributed by atoms with Gasteiger partial charge in [0.25, 0.3) is 0 Å². The highest BCUT2D eigenvalue weighted by Gasteiger charge is 2.25. The van der Waals surface area contributed by atoms with Gasteiger partial charge in [-0.05, 0) is 26.7 Å². The van der Waals surface area contributed by atoms with Crippen LogP contribution in [0.1, 0.15) is 33.1 Å². The number of aliphatic imine (C=N–C) groups is 1. The lowest BCUT2D eigenvalue weighted by atomic mass is 10.0. The van der Waals surface area contributed by atoms with Gasteiger partial charge < -0.3 is 11.1 Å². The molecule has 0 radical (unpaired) electrons. The Morgan fingerprint density at radius 3 is 2.69 bits per heavy atom. The van der Waals surface area contributed by atoms with Crippen LogP contribution >= 0.6 is 0 Å². The van der Waals surface area contributed by atoms with Crippen LogP contribution in [0.2, 0.25) is 0 Å². The molecule has 0 aliphatic carbocycles. The van der Waals surface area contributed by atoms with E-state index in [1.165, 1.54) is 0 Å². The van der Waals surface area contributed by atoms with Crippen LogP contribution in [-0.4, -0.2) is 23.8 Å². The van der Waals surface area contributed by atoms with E-state index >= 15 is 0 Å². The predicted octanol–water partition coefficient (Wildman–Crippen LogP) is 0.422. The number of nitrogens with two attached hydrogens (primary N) is 1. The number of rotatable bonds is 2. The first-order valence-corrected chi connectivity index (χ1v) is 4.64. The number of hydrogen-bond acceptors (Lipinski definition) is 3. The Bertz CT molecular complexity index is 233. The van der Waals surface area contributed by atoms with E-state index in [0.717, 1.165) is 31.6 Å². The van der Waals surface area contributed by atoms with Gasteiger partial charge in [-0.3, -0.25) is 9.79 Å². The molecule has 4 nitrogen and oxygen atoms in total. The fourth-order valence-corrected chi connectivity index (χ4v) is 1.22. The summed E-state index contributed by atoms with van der Waals surface area (Å²) in [7, 11) is 0. The van der Waals surface area contributed by atoms with Crippen molar-refractivity contribution >= 4 is 11.7 Å². The maximum absolute atomic E-state index is 11.0. The summed E-state index contributed by atoms with van der Waals surface area (Å²) < 4.78 is 0.